The minimum absolute atomic E-state index is 0.750. The number of aliphatic hydroxyl groups excluding tert-OH is 11. The SMILES string of the molecule is OC[C@H]1O[C@@H](O[C@H]2[C@H](O)[C@@H](O[C@H]3O[C@H](CO)[C@@H](O)[C@H](O)[C@H]3O)C(O)O[C@@H]2CO)[C@H](O)[C@@H](O)[C@@H]1O. The van der Waals surface area contributed by atoms with E-state index in [1.165, 1.54) is 0 Å². The normalized spacial score (nSPS) is 52.5. The predicted molar refractivity (Wildman–Crippen MR) is 101 cm³/mol. The summed E-state index contributed by atoms with van der Waals surface area (Å²) in [5.74, 6) is 0. The fourth-order valence-electron chi connectivity index (χ4n) is 4.04. The average Bonchev–Trinajstić information content (AvgIpc) is 2.82. The molecule has 1 unspecified atom stereocenters. The van der Waals surface area contributed by atoms with Crippen LogP contribution in [0.3, 0.4) is 0 Å². The lowest BCUT2D eigenvalue weighted by Crippen LogP contribution is -2.66. The van der Waals surface area contributed by atoms with Crippen LogP contribution in [0, 0.1) is 0 Å². The van der Waals surface area contributed by atoms with Crippen molar-refractivity contribution in [1.82, 2.24) is 0 Å². The summed E-state index contributed by atoms with van der Waals surface area (Å²) in [7, 11) is 0. The van der Waals surface area contributed by atoms with E-state index < -0.39 is 112 Å². The second-order valence-corrected chi connectivity index (χ2v) is 8.33. The van der Waals surface area contributed by atoms with E-state index in [9.17, 15) is 56.2 Å². The van der Waals surface area contributed by atoms with E-state index in [0.717, 1.165) is 0 Å². The van der Waals surface area contributed by atoms with Crippen molar-refractivity contribution in [2.75, 3.05) is 19.8 Å². The number of rotatable bonds is 7. The van der Waals surface area contributed by atoms with Crippen LogP contribution >= 0.6 is 0 Å². The summed E-state index contributed by atoms with van der Waals surface area (Å²) in [6.45, 7) is -2.31. The molecule has 0 aromatic heterocycles. The Kier molecular flexibility index (Phi) is 9.54. The van der Waals surface area contributed by atoms with Gasteiger partial charge in [0, 0.05) is 0 Å². The lowest BCUT2D eigenvalue weighted by molar-refractivity contribution is -0.382. The molecular formula is C18H32O16. The topological polar surface area (TPSA) is 269 Å². The number of ether oxygens (including phenoxy) is 5. The molecule has 16 nitrogen and oxygen atoms in total. The molecule has 0 aromatic carbocycles. The Morgan fingerprint density at radius 3 is 1.26 bits per heavy atom. The van der Waals surface area contributed by atoms with Crippen molar-refractivity contribution in [3.05, 3.63) is 0 Å². The van der Waals surface area contributed by atoms with Gasteiger partial charge in [-0.2, -0.15) is 0 Å². The van der Waals surface area contributed by atoms with Crippen molar-refractivity contribution in [3.8, 4) is 0 Å². The largest absolute Gasteiger partial charge is 0.394 e. The average molecular weight is 504 g/mol. The molecule has 0 aliphatic carbocycles. The molecule has 0 aromatic rings. The Hall–Kier alpha value is -0.640. The maximum absolute atomic E-state index is 10.8. The van der Waals surface area contributed by atoms with Crippen molar-refractivity contribution in [3.63, 3.8) is 0 Å². The van der Waals surface area contributed by atoms with E-state index in [0.29, 0.717) is 0 Å². The van der Waals surface area contributed by atoms with Gasteiger partial charge in [0.2, 0.25) is 0 Å². The van der Waals surface area contributed by atoms with Crippen LogP contribution in [0.25, 0.3) is 0 Å². The molecule has 3 rings (SSSR count). The van der Waals surface area contributed by atoms with Crippen LogP contribution in [0.1, 0.15) is 0 Å². The van der Waals surface area contributed by atoms with E-state index in [4.69, 9.17) is 23.7 Å². The third-order valence-corrected chi connectivity index (χ3v) is 6.09. The van der Waals surface area contributed by atoms with Gasteiger partial charge in [-0.25, -0.2) is 0 Å². The maximum atomic E-state index is 10.8. The van der Waals surface area contributed by atoms with Gasteiger partial charge in [0.05, 0.1) is 19.8 Å². The summed E-state index contributed by atoms with van der Waals surface area (Å²) in [4.78, 5) is 0. The molecule has 200 valence electrons. The smallest absolute Gasteiger partial charge is 0.187 e. The second kappa shape index (κ2) is 11.6. The Morgan fingerprint density at radius 2 is 0.853 bits per heavy atom. The highest BCUT2D eigenvalue weighted by atomic mass is 16.8. The van der Waals surface area contributed by atoms with Crippen molar-refractivity contribution in [1.29, 1.82) is 0 Å². The molecule has 0 saturated carbocycles. The molecule has 34 heavy (non-hydrogen) atoms. The molecular weight excluding hydrogens is 472 g/mol. The molecule has 15 atom stereocenters. The summed E-state index contributed by atoms with van der Waals surface area (Å²) < 4.78 is 26.4. The van der Waals surface area contributed by atoms with Gasteiger partial charge in [0.25, 0.3) is 0 Å². The van der Waals surface area contributed by atoms with Gasteiger partial charge in [0.15, 0.2) is 18.9 Å². The van der Waals surface area contributed by atoms with Gasteiger partial charge in [-0.1, -0.05) is 0 Å². The zero-order chi connectivity index (χ0) is 25.3. The molecule has 0 bridgehead atoms. The molecule has 3 heterocycles. The Balaban J connectivity index is 1.76. The van der Waals surface area contributed by atoms with Crippen molar-refractivity contribution >= 4 is 0 Å². The summed E-state index contributed by atoms with van der Waals surface area (Å²) in [6, 6.07) is 0. The fourth-order valence-corrected chi connectivity index (χ4v) is 4.04. The van der Waals surface area contributed by atoms with Crippen LogP contribution in [0.5, 0.6) is 0 Å². The van der Waals surface area contributed by atoms with Crippen molar-refractivity contribution < 1.29 is 79.9 Å². The number of hydrogen-bond acceptors (Lipinski definition) is 16. The Labute approximate surface area is 192 Å². The van der Waals surface area contributed by atoms with Gasteiger partial charge in [-0.15, -0.1) is 0 Å². The highest BCUT2D eigenvalue weighted by Gasteiger charge is 2.53. The summed E-state index contributed by atoms with van der Waals surface area (Å²) in [5, 5.41) is 109. The van der Waals surface area contributed by atoms with Gasteiger partial charge in [-0.05, 0) is 0 Å². The summed E-state index contributed by atoms with van der Waals surface area (Å²) in [5.41, 5.74) is 0. The van der Waals surface area contributed by atoms with Crippen LogP contribution < -0.4 is 0 Å². The van der Waals surface area contributed by atoms with E-state index in [2.05, 4.69) is 0 Å². The van der Waals surface area contributed by atoms with Crippen LogP contribution in [0.15, 0.2) is 0 Å². The standard InChI is InChI=1S/C18H32O16/c19-1-4-7(22)9(24)11(26)17(31-4)33-14-6(3-21)30-16(29)15(13(14)28)34-18-12(27)10(25)8(23)5(2-20)32-18/h4-29H,1-3H2/t4-,5-,6-,7-,8-,9+,10+,11-,12-,13+,14-,15-,16?,17+,18-/m1/s1. The molecule has 0 amide bonds. The van der Waals surface area contributed by atoms with Crippen LogP contribution in [0.2, 0.25) is 0 Å². The highest BCUT2D eigenvalue weighted by molar-refractivity contribution is 4.96. The van der Waals surface area contributed by atoms with Crippen molar-refractivity contribution in [2.45, 2.75) is 92.1 Å². The molecule has 11 N–H and O–H groups in total. The highest BCUT2D eigenvalue weighted by Crippen LogP contribution is 2.32. The Bertz CT molecular complexity index is 637. The van der Waals surface area contributed by atoms with Crippen LogP contribution in [0.4, 0.5) is 0 Å². The summed E-state index contributed by atoms with van der Waals surface area (Å²) in [6.07, 6.45) is -25.4. The zero-order valence-corrected chi connectivity index (χ0v) is 17.7. The first kappa shape index (κ1) is 27.9. The Morgan fingerprint density at radius 1 is 0.441 bits per heavy atom. The van der Waals surface area contributed by atoms with E-state index >= 15 is 0 Å². The minimum atomic E-state index is -1.92. The number of hydrogen-bond donors (Lipinski definition) is 11. The molecule has 3 saturated heterocycles. The third-order valence-electron chi connectivity index (χ3n) is 6.09. The molecule has 3 aliphatic rings. The van der Waals surface area contributed by atoms with Crippen molar-refractivity contribution in [2.24, 2.45) is 0 Å². The first-order valence-electron chi connectivity index (χ1n) is 10.6. The lowest BCUT2D eigenvalue weighted by atomic mass is 9.96. The van der Waals surface area contributed by atoms with Gasteiger partial charge in [0.1, 0.15) is 73.2 Å². The molecule has 3 aliphatic heterocycles. The quantitative estimate of drug-likeness (QED) is 0.154. The monoisotopic (exact) mass is 504 g/mol. The molecule has 0 radical (unpaired) electrons. The molecule has 3 fully saturated rings. The fraction of sp³-hybridized carbons (Fsp3) is 1.00. The van der Waals surface area contributed by atoms with E-state index in [-0.39, 0.29) is 0 Å². The van der Waals surface area contributed by atoms with E-state index in [1.807, 2.05) is 0 Å². The van der Waals surface area contributed by atoms with Crippen LogP contribution in [-0.4, -0.2) is 168 Å². The van der Waals surface area contributed by atoms with Gasteiger partial charge < -0.3 is 79.9 Å². The zero-order valence-electron chi connectivity index (χ0n) is 17.7. The van der Waals surface area contributed by atoms with Gasteiger partial charge in [-0.3, -0.25) is 0 Å². The first-order chi connectivity index (χ1) is 16.0. The lowest BCUT2D eigenvalue weighted by Gasteiger charge is -2.47. The third kappa shape index (κ3) is 5.37. The minimum Gasteiger partial charge on any atom is -0.394 e. The molecule has 0 spiro atoms. The number of aliphatic hydroxyl groups is 11. The predicted octanol–water partition coefficient (Wildman–Crippen LogP) is -7.57. The van der Waals surface area contributed by atoms with Gasteiger partial charge >= 0.3 is 0 Å². The van der Waals surface area contributed by atoms with Crippen LogP contribution in [-0.2, 0) is 23.7 Å². The van der Waals surface area contributed by atoms with E-state index in [1.54, 1.807) is 0 Å². The maximum Gasteiger partial charge on any atom is 0.187 e. The first-order valence-corrected chi connectivity index (χ1v) is 10.6. The second-order valence-electron chi connectivity index (χ2n) is 8.33. The summed E-state index contributed by atoms with van der Waals surface area (Å²) >= 11 is 0. The molecule has 16 heteroatoms.